The lowest BCUT2D eigenvalue weighted by Crippen LogP contribution is -2.17. The number of carbonyl (C=O) groups excluding carboxylic acids is 1. The first-order valence-electron chi connectivity index (χ1n) is 6.59. The van der Waals surface area contributed by atoms with Gasteiger partial charge in [-0.25, -0.2) is 5.43 Å². The number of phenolic OH excluding ortho intramolecular Hbond substituents is 1. The van der Waals surface area contributed by atoms with Crippen LogP contribution in [0.3, 0.4) is 0 Å². The molecule has 2 aromatic carbocycles. The molecule has 0 unspecified atom stereocenters. The number of aromatic hydroxyl groups is 1. The molecule has 0 atom stereocenters. The van der Waals surface area contributed by atoms with Gasteiger partial charge in [-0.3, -0.25) is 4.79 Å². The molecule has 0 fully saturated rings. The molecule has 1 amide bonds. The zero-order valence-electron chi connectivity index (χ0n) is 12.5. The van der Waals surface area contributed by atoms with Crippen LogP contribution in [0.1, 0.15) is 15.9 Å². The van der Waals surface area contributed by atoms with Crippen LogP contribution in [0.25, 0.3) is 0 Å². The van der Waals surface area contributed by atoms with Crippen LogP contribution in [0, 0.1) is 3.57 Å². The molecule has 0 aromatic heterocycles. The van der Waals surface area contributed by atoms with E-state index in [2.05, 4.69) is 33.1 Å². The molecule has 0 spiro atoms. The van der Waals surface area contributed by atoms with Crippen LogP contribution in [0.2, 0.25) is 0 Å². The van der Waals surface area contributed by atoms with Crippen LogP contribution in [-0.2, 0) is 0 Å². The number of benzene rings is 2. The lowest BCUT2D eigenvalue weighted by Gasteiger charge is -2.05. The second-order valence-corrected chi connectivity index (χ2v) is 5.64. The Bertz CT molecular complexity index is 747. The number of amides is 1. The summed E-state index contributed by atoms with van der Waals surface area (Å²) < 4.78 is 11.0. The van der Waals surface area contributed by atoms with Gasteiger partial charge in [-0.1, -0.05) is 0 Å². The highest BCUT2D eigenvalue weighted by atomic mass is 127. The minimum absolute atomic E-state index is 0.0430. The zero-order valence-corrected chi connectivity index (χ0v) is 14.7. The Kier molecular flexibility index (Phi) is 5.80. The predicted molar refractivity (Wildman–Crippen MR) is 95.4 cm³/mol. The molecule has 0 heterocycles. The molecule has 0 saturated carbocycles. The van der Waals surface area contributed by atoms with Gasteiger partial charge in [0.05, 0.1) is 24.0 Å². The SMILES string of the molecule is COc1cc(/C=N/NC(=O)c2ccc(OC)c(I)c2)ccc1O. The minimum atomic E-state index is -0.326. The third-order valence-electron chi connectivity index (χ3n) is 3.00. The Labute approximate surface area is 147 Å². The van der Waals surface area contributed by atoms with Crippen molar-refractivity contribution in [3.63, 3.8) is 0 Å². The highest BCUT2D eigenvalue weighted by Gasteiger charge is 2.08. The number of halogens is 1. The van der Waals surface area contributed by atoms with Gasteiger partial charge in [0.15, 0.2) is 11.5 Å². The number of hydrogen-bond donors (Lipinski definition) is 2. The first kappa shape index (κ1) is 17.1. The average molecular weight is 426 g/mol. The summed E-state index contributed by atoms with van der Waals surface area (Å²) in [5.41, 5.74) is 3.61. The zero-order chi connectivity index (χ0) is 16.8. The van der Waals surface area contributed by atoms with Gasteiger partial charge in [0, 0.05) is 5.56 Å². The summed E-state index contributed by atoms with van der Waals surface area (Å²) in [4.78, 5) is 12.0. The van der Waals surface area contributed by atoms with Crippen LogP contribution in [0.15, 0.2) is 41.5 Å². The fourth-order valence-corrected chi connectivity index (χ4v) is 2.55. The topological polar surface area (TPSA) is 80.2 Å². The maximum absolute atomic E-state index is 12.0. The number of ether oxygens (including phenoxy) is 2. The van der Waals surface area contributed by atoms with Gasteiger partial charge in [-0.15, -0.1) is 0 Å². The Morgan fingerprint density at radius 2 is 1.91 bits per heavy atom. The van der Waals surface area contributed by atoms with E-state index in [9.17, 15) is 9.90 Å². The van der Waals surface area contributed by atoms with E-state index < -0.39 is 0 Å². The van der Waals surface area contributed by atoms with E-state index in [1.807, 2.05) is 0 Å². The number of hydrazone groups is 1. The first-order chi connectivity index (χ1) is 11.0. The van der Waals surface area contributed by atoms with E-state index in [1.54, 1.807) is 37.4 Å². The number of carbonyl (C=O) groups is 1. The van der Waals surface area contributed by atoms with Crippen molar-refractivity contribution >= 4 is 34.7 Å². The van der Waals surface area contributed by atoms with E-state index >= 15 is 0 Å². The molecule has 120 valence electrons. The Morgan fingerprint density at radius 1 is 1.17 bits per heavy atom. The maximum atomic E-state index is 12.0. The normalized spacial score (nSPS) is 10.6. The molecular formula is C16H15IN2O4. The highest BCUT2D eigenvalue weighted by molar-refractivity contribution is 14.1. The first-order valence-corrected chi connectivity index (χ1v) is 7.67. The molecule has 0 radical (unpaired) electrons. The molecular weight excluding hydrogens is 411 g/mol. The fraction of sp³-hybridized carbons (Fsp3) is 0.125. The van der Waals surface area contributed by atoms with E-state index in [0.29, 0.717) is 22.6 Å². The van der Waals surface area contributed by atoms with Crippen molar-refractivity contribution in [3.05, 3.63) is 51.1 Å². The van der Waals surface area contributed by atoms with E-state index in [4.69, 9.17) is 9.47 Å². The molecule has 0 bridgehead atoms. The maximum Gasteiger partial charge on any atom is 0.271 e. The van der Waals surface area contributed by atoms with Gasteiger partial charge in [0.2, 0.25) is 0 Å². The Hall–Kier alpha value is -2.29. The molecule has 7 heteroatoms. The summed E-state index contributed by atoms with van der Waals surface area (Å²) in [6.07, 6.45) is 1.47. The summed E-state index contributed by atoms with van der Waals surface area (Å²) >= 11 is 2.10. The van der Waals surface area contributed by atoms with E-state index in [-0.39, 0.29) is 11.7 Å². The summed E-state index contributed by atoms with van der Waals surface area (Å²) in [5, 5.41) is 13.4. The van der Waals surface area contributed by atoms with Crippen LogP contribution < -0.4 is 14.9 Å². The second-order valence-electron chi connectivity index (χ2n) is 4.48. The van der Waals surface area contributed by atoms with Gasteiger partial charge < -0.3 is 14.6 Å². The standard InChI is InChI=1S/C16H15IN2O4/c1-22-14-6-4-11(8-12(14)17)16(21)19-18-9-10-3-5-13(20)15(7-10)23-2/h3-9,20H,1-2H3,(H,19,21)/b18-9+. The lowest BCUT2D eigenvalue weighted by molar-refractivity contribution is 0.0955. The number of nitrogens with one attached hydrogen (secondary N) is 1. The van der Waals surface area contributed by atoms with E-state index in [1.165, 1.54) is 19.4 Å². The van der Waals surface area contributed by atoms with Gasteiger partial charge in [0.25, 0.3) is 5.91 Å². The van der Waals surface area contributed by atoms with Crippen LogP contribution in [0.5, 0.6) is 17.2 Å². The largest absolute Gasteiger partial charge is 0.504 e. The van der Waals surface area contributed by atoms with Crippen molar-refractivity contribution in [2.24, 2.45) is 5.10 Å². The monoisotopic (exact) mass is 426 g/mol. The number of rotatable bonds is 5. The van der Waals surface area contributed by atoms with Gasteiger partial charge >= 0.3 is 0 Å². The molecule has 2 rings (SSSR count). The fourth-order valence-electron chi connectivity index (χ4n) is 1.81. The van der Waals surface area contributed by atoms with Crippen LogP contribution in [0.4, 0.5) is 0 Å². The van der Waals surface area contributed by atoms with Crippen molar-refractivity contribution < 1.29 is 19.4 Å². The lowest BCUT2D eigenvalue weighted by atomic mass is 10.2. The molecule has 2 N–H and O–H groups in total. The predicted octanol–water partition coefficient (Wildman–Crippen LogP) is 2.78. The quantitative estimate of drug-likeness (QED) is 0.438. The van der Waals surface area contributed by atoms with E-state index in [0.717, 1.165) is 3.57 Å². The van der Waals surface area contributed by atoms with Crippen molar-refractivity contribution in [1.82, 2.24) is 5.43 Å². The third-order valence-corrected chi connectivity index (χ3v) is 3.84. The van der Waals surface area contributed by atoms with Gasteiger partial charge in [0.1, 0.15) is 5.75 Å². The second kappa shape index (κ2) is 7.82. The van der Waals surface area contributed by atoms with Crippen molar-refractivity contribution in [1.29, 1.82) is 0 Å². The molecule has 0 saturated heterocycles. The number of phenols is 1. The number of nitrogens with zero attached hydrogens (tertiary/aromatic N) is 1. The van der Waals surface area contributed by atoms with Crippen molar-refractivity contribution in [3.8, 4) is 17.2 Å². The molecule has 2 aromatic rings. The van der Waals surface area contributed by atoms with Crippen molar-refractivity contribution in [2.45, 2.75) is 0 Å². The molecule has 0 aliphatic carbocycles. The summed E-state index contributed by atoms with van der Waals surface area (Å²) in [5.74, 6) is 0.765. The van der Waals surface area contributed by atoms with Crippen LogP contribution in [-0.4, -0.2) is 31.4 Å². The molecule has 0 aliphatic rings. The number of hydrogen-bond acceptors (Lipinski definition) is 5. The number of methoxy groups -OCH3 is 2. The molecule has 23 heavy (non-hydrogen) atoms. The molecule has 0 aliphatic heterocycles. The summed E-state index contributed by atoms with van der Waals surface area (Å²) in [6, 6.07) is 9.87. The summed E-state index contributed by atoms with van der Waals surface area (Å²) in [6.45, 7) is 0. The summed E-state index contributed by atoms with van der Waals surface area (Å²) in [7, 11) is 3.04. The van der Waals surface area contributed by atoms with Crippen molar-refractivity contribution in [2.75, 3.05) is 14.2 Å². The third kappa shape index (κ3) is 4.35. The van der Waals surface area contributed by atoms with Gasteiger partial charge in [-0.05, 0) is 64.6 Å². The van der Waals surface area contributed by atoms with Gasteiger partial charge in [-0.2, -0.15) is 5.10 Å². The Balaban J connectivity index is 2.05. The van der Waals surface area contributed by atoms with Crippen LogP contribution >= 0.6 is 22.6 Å². The smallest absolute Gasteiger partial charge is 0.271 e. The molecule has 6 nitrogen and oxygen atoms in total. The minimum Gasteiger partial charge on any atom is -0.504 e. The highest BCUT2D eigenvalue weighted by Crippen LogP contribution is 2.25. The average Bonchev–Trinajstić information content (AvgIpc) is 2.56. The Morgan fingerprint density at radius 3 is 2.57 bits per heavy atom.